The Morgan fingerprint density at radius 3 is 2.81 bits per heavy atom. The van der Waals surface area contributed by atoms with Crippen LogP contribution in [0.5, 0.6) is 11.5 Å². The first kappa shape index (κ1) is 23.2. The topological polar surface area (TPSA) is 89.0 Å². The second-order valence-electron chi connectivity index (χ2n) is 9.01. The molecule has 2 atom stereocenters. The fourth-order valence-corrected chi connectivity index (χ4v) is 5.89. The molecule has 2 aliphatic rings. The third kappa shape index (κ3) is 3.82. The summed E-state index contributed by atoms with van der Waals surface area (Å²) in [7, 11) is 1.52. The van der Waals surface area contributed by atoms with Crippen molar-refractivity contribution in [2.24, 2.45) is 0 Å². The average molecular weight is 517 g/mol. The molecule has 2 aliphatic heterocycles. The van der Waals surface area contributed by atoms with Gasteiger partial charge in [-0.05, 0) is 66.6 Å². The molecule has 1 N–H and O–H groups in total. The Bertz CT molecular complexity index is 1630. The second-order valence-corrected chi connectivity index (χ2v) is 10.0. The van der Waals surface area contributed by atoms with Crippen molar-refractivity contribution in [1.29, 1.82) is 0 Å². The van der Waals surface area contributed by atoms with Crippen molar-refractivity contribution in [2.75, 3.05) is 12.0 Å². The Kier molecular flexibility index (Phi) is 5.45. The van der Waals surface area contributed by atoms with Crippen LogP contribution in [0.1, 0.15) is 29.7 Å². The number of fused-ring (bicyclic) bond motifs is 2. The van der Waals surface area contributed by atoms with Crippen molar-refractivity contribution >= 4 is 44.1 Å². The number of benzene rings is 3. The third-order valence-corrected chi connectivity index (χ3v) is 7.59. The third-order valence-electron chi connectivity index (χ3n) is 6.57. The van der Waals surface area contributed by atoms with Gasteiger partial charge in [-0.2, -0.15) is 0 Å². The highest BCUT2D eigenvalue weighted by molar-refractivity contribution is 7.22. The number of methoxy groups -OCH3 is 1. The zero-order valence-electron chi connectivity index (χ0n) is 19.9. The predicted molar refractivity (Wildman–Crippen MR) is 138 cm³/mol. The number of aliphatic hydroxyl groups is 1. The molecule has 4 aromatic rings. The molecule has 0 unspecified atom stereocenters. The summed E-state index contributed by atoms with van der Waals surface area (Å²) in [4.78, 5) is 32.7. The van der Waals surface area contributed by atoms with Gasteiger partial charge < -0.3 is 14.6 Å². The molecular weight excluding hydrogens is 495 g/mol. The Labute approximate surface area is 215 Å². The number of halogens is 1. The van der Waals surface area contributed by atoms with Gasteiger partial charge in [0.05, 0.1) is 28.9 Å². The van der Waals surface area contributed by atoms with Gasteiger partial charge in [0.1, 0.15) is 29.2 Å². The van der Waals surface area contributed by atoms with Crippen molar-refractivity contribution in [1.82, 2.24) is 4.98 Å². The number of hydrogen-bond acceptors (Lipinski definition) is 7. The van der Waals surface area contributed by atoms with Gasteiger partial charge in [-0.25, -0.2) is 9.37 Å². The van der Waals surface area contributed by atoms with Crippen molar-refractivity contribution in [3.05, 3.63) is 88.7 Å². The Morgan fingerprint density at radius 2 is 2.00 bits per heavy atom. The number of nitrogens with zero attached hydrogens (tertiary/aromatic N) is 2. The van der Waals surface area contributed by atoms with Crippen molar-refractivity contribution in [2.45, 2.75) is 25.5 Å². The number of aliphatic hydroxyl groups excluding tert-OH is 1. The lowest BCUT2D eigenvalue weighted by Gasteiger charge is -2.23. The number of thiazole rings is 1. The zero-order chi connectivity index (χ0) is 25.8. The average Bonchev–Trinajstić information content (AvgIpc) is 3.55. The van der Waals surface area contributed by atoms with E-state index >= 15 is 0 Å². The molecule has 0 bridgehead atoms. The molecule has 0 spiro atoms. The highest BCUT2D eigenvalue weighted by Crippen LogP contribution is 2.45. The highest BCUT2D eigenvalue weighted by Gasteiger charge is 2.48. The number of anilines is 1. The molecule has 1 saturated heterocycles. The van der Waals surface area contributed by atoms with Gasteiger partial charge >= 0.3 is 5.91 Å². The fourth-order valence-electron chi connectivity index (χ4n) is 4.87. The Balaban J connectivity index is 1.54. The van der Waals surface area contributed by atoms with Crippen molar-refractivity contribution in [3.63, 3.8) is 0 Å². The molecule has 186 valence electrons. The number of carbonyl (C=O) groups excluding carboxylic acids is 2. The monoisotopic (exact) mass is 516 g/mol. The molecular formula is C28H21FN2O5S. The van der Waals surface area contributed by atoms with Crippen molar-refractivity contribution in [3.8, 4) is 11.5 Å². The summed E-state index contributed by atoms with van der Waals surface area (Å²) < 4.78 is 25.5. The molecule has 1 fully saturated rings. The first-order valence-corrected chi connectivity index (χ1v) is 12.5. The lowest BCUT2D eigenvalue weighted by Crippen LogP contribution is -2.29. The van der Waals surface area contributed by atoms with Crippen LogP contribution in [0.4, 0.5) is 9.52 Å². The van der Waals surface area contributed by atoms with E-state index in [4.69, 9.17) is 9.47 Å². The minimum atomic E-state index is -0.969. The highest BCUT2D eigenvalue weighted by atomic mass is 32.1. The van der Waals surface area contributed by atoms with E-state index in [-0.39, 0.29) is 22.6 Å². The standard InChI is InChI=1S/C28H21FN2O5S/c1-14-10-17-11-16(6-9-21(17)36-14)25(32)23-24(15-4-3-5-19(12-15)35-2)31(27(34)26(23)33)28-30-20-8-7-18(29)13-22(20)37-28/h3-9,11-14,24,32H,10H2,1-2H3/b25-23+/t14-,24+/m1/s1. The van der Waals surface area contributed by atoms with E-state index in [1.807, 2.05) is 6.92 Å². The number of hydrogen-bond donors (Lipinski definition) is 1. The van der Waals surface area contributed by atoms with Crippen LogP contribution in [0.3, 0.4) is 0 Å². The summed E-state index contributed by atoms with van der Waals surface area (Å²) in [6.07, 6.45) is 0.686. The van der Waals surface area contributed by atoms with E-state index in [1.165, 1.54) is 30.2 Å². The van der Waals surface area contributed by atoms with Crippen LogP contribution in [0.15, 0.2) is 66.2 Å². The van der Waals surface area contributed by atoms with Gasteiger partial charge in [-0.15, -0.1) is 0 Å². The predicted octanol–water partition coefficient (Wildman–Crippen LogP) is 5.39. The number of ether oxygens (including phenoxy) is 2. The SMILES string of the molecule is COc1cccc([C@H]2/C(=C(\O)c3ccc4c(c3)C[C@@H](C)O4)C(=O)C(=O)N2c2nc3ccc(F)cc3s2)c1. The van der Waals surface area contributed by atoms with E-state index in [1.54, 1.807) is 42.5 Å². The maximum atomic E-state index is 13.8. The van der Waals surface area contributed by atoms with Gasteiger partial charge in [0.25, 0.3) is 5.78 Å². The van der Waals surface area contributed by atoms with Crippen LogP contribution in [-0.2, 0) is 16.0 Å². The van der Waals surface area contributed by atoms with Crippen LogP contribution in [0.25, 0.3) is 16.0 Å². The normalized spacial score (nSPS) is 20.4. The molecule has 7 nitrogen and oxygen atoms in total. The molecule has 1 aromatic heterocycles. The smallest absolute Gasteiger partial charge is 0.301 e. The van der Waals surface area contributed by atoms with Crippen molar-refractivity contribution < 1.29 is 28.6 Å². The van der Waals surface area contributed by atoms with E-state index in [9.17, 15) is 19.1 Å². The lowest BCUT2D eigenvalue weighted by molar-refractivity contribution is -0.132. The summed E-state index contributed by atoms with van der Waals surface area (Å²) in [6, 6.07) is 15.3. The maximum Gasteiger partial charge on any atom is 0.301 e. The first-order chi connectivity index (χ1) is 17.8. The second kappa shape index (κ2) is 8.70. The minimum Gasteiger partial charge on any atom is -0.507 e. The molecule has 1 amide bonds. The summed E-state index contributed by atoms with van der Waals surface area (Å²) in [5.41, 5.74) is 2.32. The summed E-state index contributed by atoms with van der Waals surface area (Å²) in [5.74, 6) is -1.12. The lowest BCUT2D eigenvalue weighted by atomic mass is 9.94. The van der Waals surface area contributed by atoms with Gasteiger partial charge in [0.15, 0.2) is 5.13 Å². The largest absolute Gasteiger partial charge is 0.507 e. The van der Waals surface area contributed by atoms with Gasteiger partial charge in [-0.1, -0.05) is 23.5 Å². The quantitative estimate of drug-likeness (QED) is 0.222. The van der Waals surface area contributed by atoms with Crippen LogP contribution in [0.2, 0.25) is 0 Å². The van der Waals surface area contributed by atoms with Gasteiger partial charge in [0, 0.05) is 12.0 Å². The number of Topliss-reactive ketones (excluding diaryl/α,β-unsaturated/α-hetero) is 1. The fraction of sp³-hybridized carbons (Fsp3) is 0.179. The summed E-state index contributed by atoms with van der Waals surface area (Å²) in [5, 5.41) is 11.7. The zero-order valence-corrected chi connectivity index (χ0v) is 20.7. The number of amides is 1. The van der Waals surface area contributed by atoms with E-state index in [0.717, 1.165) is 22.6 Å². The number of carbonyl (C=O) groups is 2. The van der Waals surface area contributed by atoms with Crippen LogP contribution in [0, 0.1) is 5.82 Å². The molecule has 37 heavy (non-hydrogen) atoms. The Morgan fingerprint density at radius 1 is 1.16 bits per heavy atom. The van der Waals surface area contributed by atoms with Gasteiger partial charge in [-0.3, -0.25) is 14.5 Å². The van der Waals surface area contributed by atoms with Crippen LogP contribution < -0.4 is 14.4 Å². The molecule has 0 aliphatic carbocycles. The number of rotatable bonds is 4. The molecule has 0 saturated carbocycles. The number of aromatic nitrogens is 1. The summed E-state index contributed by atoms with van der Waals surface area (Å²) >= 11 is 1.10. The molecule has 6 rings (SSSR count). The van der Waals surface area contributed by atoms with Gasteiger partial charge in [0.2, 0.25) is 0 Å². The first-order valence-electron chi connectivity index (χ1n) is 11.6. The maximum absolute atomic E-state index is 13.8. The molecule has 3 aromatic carbocycles. The molecule has 0 radical (unpaired) electrons. The number of ketones is 1. The molecule has 3 heterocycles. The van der Waals surface area contributed by atoms with E-state index < -0.39 is 23.5 Å². The minimum absolute atomic E-state index is 0.0126. The Hall–Kier alpha value is -4.24. The van der Waals surface area contributed by atoms with E-state index in [0.29, 0.717) is 33.5 Å². The van der Waals surface area contributed by atoms with E-state index in [2.05, 4.69) is 4.98 Å². The van der Waals surface area contributed by atoms with Crippen LogP contribution in [-0.4, -0.2) is 35.0 Å². The van der Waals surface area contributed by atoms with Crippen LogP contribution >= 0.6 is 11.3 Å². The molecule has 9 heteroatoms. The summed E-state index contributed by atoms with van der Waals surface area (Å²) in [6.45, 7) is 1.96.